The highest BCUT2D eigenvalue weighted by molar-refractivity contribution is 6.41. The number of aromatic carboxylic acids is 1. The van der Waals surface area contributed by atoms with E-state index in [-0.39, 0.29) is 21.1 Å². The Labute approximate surface area is 230 Å². The van der Waals surface area contributed by atoms with E-state index in [9.17, 15) is 9.90 Å². The number of hydrogen-bond donors (Lipinski definition) is 2. The van der Waals surface area contributed by atoms with Gasteiger partial charge < -0.3 is 20.3 Å². The van der Waals surface area contributed by atoms with Gasteiger partial charge in [0, 0.05) is 42.3 Å². The van der Waals surface area contributed by atoms with Crippen molar-refractivity contribution in [1.82, 2.24) is 19.9 Å². The third kappa shape index (κ3) is 5.91. The number of carboxylic acids is 1. The molecule has 9 nitrogen and oxygen atoms in total. The number of halogens is 2. The van der Waals surface area contributed by atoms with Crippen LogP contribution in [0.3, 0.4) is 0 Å². The van der Waals surface area contributed by atoms with Gasteiger partial charge in [-0.3, -0.25) is 14.9 Å². The van der Waals surface area contributed by atoms with Gasteiger partial charge >= 0.3 is 5.97 Å². The molecule has 0 unspecified atom stereocenters. The number of carbonyl (C=O) groups is 1. The number of nitrogen functional groups attached to an aromatic ring is 1. The Balaban J connectivity index is 0.000000216. The number of rotatable bonds is 6. The van der Waals surface area contributed by atoms with Crippen LogP contribution in [0, 0.1) is 0 Å². The van der Waals surface area contributed by atoms with Crippen molar-refractivity contribution >= 4 is 46.0 Å². The standard InChI is InChI=1S/C17H12Cl2N2O4.C10H15N3/c1-24-10-7-11(25-2)14(19)12(13(10)18)8-3-4-9(17(22)23)16-15(8)20-5-6-21-16;11-10-4-3-9(7-12-10)8-13-5-1-2-6-13/h3-7H,1-2H3,(H,22,23);3-4,7H,1-2,5-6,8H2,(H2,11,12). The van der Waals surface area contributed by atoms with Gasteiger partial charge in [0.1, 0.15) is 22.8 Å². The summed E-state index contributed by atoms with van der Waals surface area (Å²) in [5, 5.41) is 9.89. The maximum atomic E-state index is 11.4. The number of nitrogens with zero attached hydrogens (tertiary/aromatic N) is 4. The molecule has 0 bridgehead atoms. The minimum Gasteiger partial charge on any atom is -0.495 e. The number of carboxylic acid groups (broad SMARTS) is 1. The number of ether oxygens (including phenoxy) is 2. The summed E-state index contributed by atoms with van der Waals surface area (Å²) >= 11 is 12.9. The summed E-state index contributed by atoms with van der Waals surface area (Å²) in [6, 6.07) is 8.53. The van der Waals surface area contributed by atoms with E-state index in [0.29, 0.717) is 34.0 Å². The first-order valence-electron chi connectivity index (χ1n) is 11.8. The molecule has 2 aromatic carbocycles. The molecule has 0 atom stereocenters. The highest BCUT2D eigenvalue weighted by Gasteiger charge is 2.23. The van der Waals surface area contributed by atoms with Gasteiger partial charge in [0.25, 0.3) is 0 Å². The second-order valence-corrected chi connectivity index (χ2v) is 9.33. The molecule has 0 radical (unpaired) electrons. The second-order valence-electron chi connectivity index (χ2n) is 8.58. The summed E-state index contributed by atoms with van der Waals surface area (Å²) in [7, 11) is 2.95. The maximum Gasteiger partial charge on any atom is 0.337 e. The number of fused-ring (bicyclic) bond motifs is 1. The Morgan fingerprint density at radius 2 is 1.61 bits per heavy atom. The van der Waals surface area contributed by atoms with Crippen LogP contribution >= 0.6 is 23.2 Å². The van der Waals surface area contributed by atoms with Crippen LogP contribution in [0.2, 0.25) is 10.0 Å². The minimum atomic E-state index is -1.10. The first-order chi connectivity index (χ1) is 18.3. The Bertz CT molecular complexity index is 1420. The maximum absolute atomic E-state index is 11.4. The van der Waals surface area contributed by atoms with Crippen molar-refractivity contribution in [2.45, 2.75) is 19.4 Å². The largest absolute Gasteiger partial charge is 0.495 e. The molecule has 1 fully saturated rings. The van der Waals surface area contributed by atoms with E-state index in [1.165, 1.54) is 64.2 Å². The fraction of sp³-hybridized carbons (Fsp3) is 0.259. The summed E-state index contributed by atoms with van der Waals surface area (Å²) < 4.78 is 10.6. The van der Waals surface area contributed by atoms with Crippen molar-refractivity contribution in [3.8, 4) is 22.6 Å². The topological polar surface area (TPSA) is 124 Å². The molecule has 2 aromatic heterocycles. The number of methoxy groups -OCH3 is 2. The number of benzene rings is 2. The molecule has 1 saturated heterocycles. The molecule has 1 aliphatic rings. The highest BCUT2D eigenvalue weighted by atomic mass is 35.5. The first-order valence-corrected chi connectivity index (χ1v) is 12.6. The van der Waals surface area contributed by atoms with Gasteiger partial charge in [-0.1, -0.05) is 35.3 Å². The highest BCUT2D eigenvalue weighted by Crippen LogP contribution is 2.47. The van der Waals surface area contributed by atoms with Crippen LogP contribution in [0.5, 0.6) is 11.5 Å². The van der Waals surface area contributed by atoms with Crippen molar-refractivity contribution in [2.75, 3.05) is 33.0 Å². The van der Waals surface area contributed by atoms with Crippen LogP contribution in [0.1, 0.15) is 28.8 Å². The van der Waals surface area contributed by atoms with Gasteiger partial charge in [0.05, 0.1) is 35.3 Å². The van der Waals surface area contributed by atoms with Gasteiger partial charge in [-0.05, 0) is 43.6 Å². The Morgan fingerprint density at radius 1 is 0.974 bits per heavy atom. The minimum absolute atomic E-state index is 0.0361. The zero-order valence-corrected chi connectivity index (χ0v) is 22.5. The van der Waals surface area contributed by atoms with Crippen LogP contribution in [-0.4, -0.2) is 58.2 Å². The fourth-order valence-corrected chi connectivity index (χ4v) is 4.99. The number of aromatic nitrogens is 3. The summed E-state index contributed by atoms with van der Waals surface area (Å²) in [4.78, 5) is 26.4. The molecular formula is C27H27Cl2N5O4. The molecule has 198 valence electrons. The number of pyridine rings is 1. The molecule has 38 heavy (non-hydrogen) atoms. The predicted octanol–water partition coefficient (Wildman–Crippen LogP) is 5.58. The van der Waals surface area contributed by atoms with Gasteiger partial charge in [-0.2, -0.15) is 0 Å². The van der Waals surface area contributed by atoms with Crippen molar-refractivity contribution < 1.29 is 19.4 Å². The number of likely N-dealkylation sites (tertiary alicyclic amines) is 1. The second kappa shape index (κ2) is 12.3. The molecule has 3 N–H and O–H groups in total. The predicted molar refractivity (Wildman–Crippen MR) is 148 cm³/mol. The summed E-state index contributed by atoms with van der Waals surface area (Å²) in [5.74, 6) is 0.247. The number of hydrogen-bond acceptors (Lipinski definition) is 8. The monoisotopic (exact) mass is 555 g/mol. The van der Waals surface area contributed by atoms with E-state index < -0.39 is 5.97 Å². The number of nitrogens with two attached hydrogens (primary N) is 1. The van der Waals surface area contributed by atoms with Gasteiger partial charge in [-0.15, -0.1) is 0 Å². The van der Waals surface area contributed by atoms with Crippen molar-refractivity contribution in [2.24, 2.45) is 0 Å². The molecule has 3 heterocycles. The van der Waals surface area contributed by atoms with E-state index in [4.69, 9.17) is 38.4 Å². The summed E-state index contributed by atoms with van der Waals surface area (Å²) in [6.07, 6.45) is 7.43. The molecule has 0 aliphatic carbocycles. The lowest BCUT2D eigenvalue weighted by molar-refractivity contribution is 0.0699. The number of anilines is 1. The third-order valence-corrected chi connectivity index (χ3v) is 6.90. The van der Waals surface area contributed by atoms with Crippen LogP contribution < -0.4 is 15.2 Å². The van der Waals surface area contributed by atoms with Crippen molar-refractivity contribution in [1.29, 1.82) is 0 Å². The third-order valence-electron chi connectivity index (χ3n) is 6.15. The first kappa shape index (κ1) is 27.4. The lowest BCUT2D eigenvalue weighted by atomic mass is 10.00. The van der Waals surface area contributed by atoms with Crippen LogP contribution in [0.4, 0.5) is 5.82 Å². The van der Waals surface area contributed by atoms with Crippen molar-refractivity contribution in [3.05, 3.63) is 70.1 Å². The zero-order chi connectivity index (χ0) is 27.2. The fourth-order valence-electron chi connectivity index (χ4n) is 4.28. The molecular weight excluding hydrogens is 529 g/mol. The molecule has 0 saturated carbocycles. The average molecular weight is 556 g/mol. The van der Waals surface area contributed by atoms with Crippen LogP contribution in [0.15, 0.2) is 48.9 Å². The van der Waals surface area contributed by atoms with E-state index in [2.05, 4.69) is 25.9 Å². The van der Waals surface area contributed by atoms with Gasteiger partial charge in [0.2, 0.25) is 0 Å². The summed E-state index contributed by atoms with van der Waals surface area (Å²) in [5.41, 5.74) is 8.37. The van der Waals surface area contributed by atoms with E-state index in [1.807, 2.05) is 12.3 Å². The molecule has 4 aromatic rings. The van der Waals surface area contributed by atoms with E-state index >= 15 is 0 Å². The van der Waals surface area contributed by atoms with E-state index in [0.717, 1.165) is 6.54 Å². The SMILES string of the molecule is COc1cc(OC)c(Cl)c(-c2ccc(C(=O)O)c3nccnc23)c1Cl.Nc1ccc(CN2CCCC2)cn1. The smallest absolute Gasteiger partial charge is 0.337 e. The normalized spacial score (nSPS) is 13.2. The lowest BCUT2D eigenvalue weighted by Crippen LogP contribution is -2.18. The summed E-state index contributed by atoms with van der Waals surface area (Å²) in [6.45, 7) is 3.47. The van der Waals surface area contributed by atoms with Crippen LogP contribution in [-0.2, 0) is 6.54 Å². The Hall–Kier alpha value is -3.66. The Morgan fingerprint density at radius 3 is 2.16 bits per heavy atom. The molecule has 1 aliphatic heterocycles. The van der Waals surface area contributed by atoms with Crippen molar-refractivity contribution in [3.63, 3.8) is 0 Å². The van der Waals surface area contributed by atoms with E-state index in [1.54, 1.807) is 12.1 Å². The Kier molecular flexibility index (Phi) is 8.83. The molecule has 11 heteroatoms. The lowest BCUT2D eigenvalue weighted by Gasteiger charge is -2.16. The molecule has 5 rings (SSSR count). The molecule has 0 amide bonds. The molecule has 0 spiro atoms. The van der Waals surface area contributed by atoms with Crippen LogP contribution in [0.25, 0.3) is 22.2 Å². The zero-order valence-electron chi connectivity index (χ0n) is 20.9. The van der Waals surface area contributed by atoms with Gasteiger partial charge in [-0.25, -0.2) is 9.78 Å². The van der Waals surface area contributed by atoms with Gasteiger partial charge in [0.15, 0.2) is 0 Å². The average Bonchev–Trinajstić information content (AvgIpc) is 3.43. The quantitative estimate of drug-likeness (QED) is 0.313.